The van der Waals surface area contributed by atoms with E-state index in [1.165, 1.54) is 23.1 Å². The predicted octanol–water partition coefficient (Wildman–Crippen LogP) is 7.91. The van der Waals surface area contributed by atoms with Crippen molar-refractivity contribution in [2.75, 3.05) is 16.4 Å². The van der Waals surface area contributed by atoms with Gasteiger partial charge in [0.25, 0.3) is 11.8 Å². The number of benzene rings is 4. The van der Waals surface area contributed by atoms with Crippen LogP contribution in [0.5, 0.6) is 0 Å². The molecule has 0 spiro atoms. The van der Waals surface area contributed by atoms with Crippen molar-refractivity contribution in [2.24, 2.45) is 0 Å². The van der Waals surface area contributed by atoms with Crippen molar-refractivity contribution in [1.82, 2.24) is 10.3 Å². The molecule has 0 unspecified atom stereocenters. The van der Waals surface area contributed by atoms with Crippen LogP contribution in [0.15, 0.2) is 119 Å². The van der Waals surface area contributed by atoms with Gasteiger partial charge in [0.15, 0.2) is 5.13 Å². The third kappa shape index (κ3) is 8.44. The van der Waals surface area contributed by atoms with Gasteiger partial charge >= 0.3 is 0 Å². The van der Waals surface area contributed by atoms with Gasteiger partial charge in [-0.05, 0) is 61.0 Å². The van der Waals surface area contributed by atoms with Crippen molar-refractivity contribution in [3.8, 4) is 11.3 Å². The minimum atomic E-state index is -0.464. The van der Waals surface area contributed by atoms with Gasteiger partial charge in [-0.25, -0.2) is 4.98 Å². The molecule has 4 aromatic carbocycles. The summed E-state index contributed by atoms with van der Waals surface area (Å²) in [6, 6.07) is 30.9. The van der Waals surface area contributed by atoms with Crippen molar-refractivity contribution < 1.29 is 14.4 Å². The van der Waals surface area contributed by atoms with E-state index in [2.05, 4.69) is 20.9 Å². The normalized spacial score (nSPS) is 11.1. The maximum Gasteiger partial charge on any atom is 0.272 e. The molecule has 0 aliphatic rings. The lowest BCUT2D eigenvalue weighted by molar-refractivity contribution is -0.114. The number of nitrogens with zero attached hydrogens (tertiary/aromatic N) is 1. The van der Waals surface area contributed by atoms with Crippen LogP contribution in [0.2, 0.25) is 5.02 Å². The second-order valence-electron chi connectivity index (χ2n) is 9.62. The fourth-order valence-corrected chi connectivity index (χ4v) is 5.69. The molecule has 5 aromatic rings. The minimum absolute atomic E-state index is 0.109. The van der Waals surface area contributed by atoms with Crippen molar-refractivity contribution in [3.63, 3.8) is 0 Å². The Morgan fingerprint density at radius 3 is 2.30 bits per heavy atom. The number of aryl methyl sites for hydroxylation is 1. The molecule has 3 N–H and O–H groups in total. The zero-order chi connectivity index (χ0) is 30.9. The minimum Gasteiger partial charge on any atom is -0.321 e. The highest BCUT2D eigenvalue weighted by Crippen LogP contribution is 2.30. The SMILES string of the molecule is Cc1ccc(/C=C(\NC(=O)c2ccccc2)C(=O)Nc2ccc(SCC(=O)Nc3nc(-c4ccccc4Cl)cs3)cc2)cc1. The molecule has 0 bridgehead atoms. The first-order chi connectivity index (χ1) is 21.3. The number of halogens is 1. The van der Waals surface area contributed by atoms with Crippen molar-refractivity contribution in [1.29, 1.82) is 0 Å². The zero-order valence-corrected chi connectivity index (χ0v) is 25.9. The maximum absolute atomic E-state index is 13.3. The molecule has 10 heteroatoms. The van der Waals surface area contributed by atoms with Crippen LogP contribution in [-0.4, -0.2) is 28.5 Å². The largest absolute Gasteiger partial charge is 0.321 e. The highest BCUT2D eigenvalue weighted by Gasteiger charge is 2.16. The van der Waals surface area contributed by atoms with E-state index in [0.29, 0.717) is 27.1 Å². The fraction of sp³-hybridized carbons (Fsp3) is 0.0588. The summed E-state index contributed by atoms with van der Waals surface area (Å²) in [6.45, 7) is 1.98. The first kappa shape index (κ1) is 30.7. The third-order valence-electron chi connectivity index (χ3n) is 6.30. The third-order valence-corrected chi connectivity index (χ3v) is 8.40. The molecule has 0 saturated carbocycles. The number of hydrogen-bond donors (Lipinski definition) is 3. The van der Waals surface area contributed by atoms with E-state index in [1.54, 1.807) is 48.5 Å². The average Bonchev–Trinajstić information content (AvgIpc) is 3.50. The van der Waals surface area contributed by atoms with Crippen LogP contribution < -0.4 is 16.0 Å². The van der Waals surface area contributed by atoms with Gasteiger partial charge in [-0.3, -0.25) is 14.4 Å². The number of hydrogen-bond acceptors (Lipinski definition) is 6. The Balaban J connectivity index is 1.18. The van der Waals surface area contributed by atoms with Crippen molar-refractivity contribution in [2.45, 2.75) is 11.8 Å². The molecule has 0 aliphatic carbocycles. The summed E-state index contributed by atoms with van der Waals surface area (Å²) in [6.07, 6.45) is 1.64. The van der Waals surface area contributed by atoms with Gasteiger partial charge in [0, 0.05) is 32.1 Å². The Kier molecular flexibility index (Phi) is 10.2. The van der Waals surface area contributed by atoms with Gasteiger partial charge in [0.1, 0.15) is 5.70 Å². The molecular weight excluding hydrogens is 612 g/mol. The molecule has 0 saturated heterocycles. The molecule has 7 nitrogen and oxygen atoms in total. The monoisotopic (exact) mass is 638 g/mol. The molecule has 1 heterocycles. The summed E-state index contributed by atoms with van der Waals surface area (Å²) in [5, 5.41) is 11.4. The topological polar surface area (TPSA) is 100 Å². The van der Waals surface area contributed by atoms with Crippen LogP contribution in [0.25, 0.3) is 17.3 Å². The number of carbonyl (C=O) groups excluding carboxylic acids is 3. The Morgan fingerprint density at radius 2 is 1.57 bits per heavy atom. The lowest BCUT2D eigenvalue weighted by Gasteiger charge is -2.12. The predicted molar refractivity (Wildman–Crippen MR) is 180 cm³/mol. The van der Waals surface area contributed by atoms with Crippen LogP contribution in [0, 0.1) is 6.92 Å². The summed E-state index contributed by atoms with van der Waals surface area (Å²) in [5.74, 6) is -0.856. The van der Waals surface area contributed by atoms with E-state index in [9.17, 15) is 14.4 Å². The second kappa shape index (κ2) is 14.7. The average molecular weight is 639 g/mol. The van der Waals surface area contributed by atoms with Gasteiger partial charge in [0.05, 0.1) is 11.4 Å². The smallest absolute Gasteiger partial charge is 0.272 e. The lowest BCUT2D eigenvalue weighted by atomic mass is 10.1. The number of anilines is 2. The molecular formula is C34H27ClN4O3S2. The molecule has 0 radical (unpaired) electrons. The van der Waals surface area contributed by atoms with Gasteiger partial charge in [0.2, 0.25) is 5.91 Å². The van der Waals surface area contributed by atoms with Crippen LogP contribution in [0.1, 0.15) is 21.5 Å². The molecule has 0 aliphatic heterocycles. The van der Waals surface area contributed by atoms with Gasteiger partial charge in [-0.1, -0.05) is 77.8 Å². The van der Waals surface area contributed by atoms with Gasteiger partial charge in [-0.2, -0.15) is 0 Å². The van der Waals surface area contributed by atoms with Crippen LogP contribution in [0.4, 0.5) is 10.8 Å². The van der Waals surface area contributed by atoms with Gasteiger partial charge in [-0.15, -0.1) is 23.1 Å². The summed E-state index contributed by atoms with van der Waals surface area (Å²) in [4.78, 5) is 44.0. The summed E-state index contributed by atoms with van der Waals surface area (Å²) < 4.78 is 0. The number of amides is 3. The van der Waals surface area contributed by atoms with E-state index >= 15 is 0 Å². The molecule has 1 aromatic heterocycles. The number of thiazole rings is 1. The van der Waals surface area contributed by atoms with Crippen molar-refractivity contribution in [3.05, 3.63) is 136 Å². The van der Waals surface area contributed by atoms with Crippen LogP contribution in [0.3, 0.4) is 0 Å². The molecule has 0 fully saturated rings. The Hall–Kier alpha value is -4.70. The molecule has 0 atom stereocenters. The first-order valence-electron chi connectivity index (χ1n) is 13.5. The summed E-state index contributed by atoms with van der Waals surface area (Å²) >= 11 is 8.95. The quantitative estimate of drug-likeness (QED) is 0.107. The Morgan fingerprint density at radius 1 is 0.864 bits per heavy atom. The Bertz CT molecular complexity index is 1800. The van der Waals surface area contributed by atoms with E-state index in [4.69, 9.17) is 11.6 Å². The van der Waals surface area contributed by atoms with E-state index < -0.39 is 5.91 Å². The number of aromatic nitrogens is 1. The molecule has 220 valence electrons. The molecule has 44 heavy (non-hydrogen) atoms. The van der Waals surface area contributed by atoms with Crippen molar-refractivity contribution >= 4 is 69.3 Å². The zero-order valence-electron chi connectivity index (χ0n) is 23.5. The lowest BCUT2D eigenvalue weighted by Crippen LogP contribution is -2.30. The summed E-state index contributed by atoms with van der Waals surface area (Å²) in [7, 11) is 0. The molecule has 5 rings (SSSR count). The standard InChI is InChI=1S/C34H27ClN4O3S2/c1-22-11-13-23(14-12-22)19-29(37-32(41)24-7-3-2-4-8-24)33(42)36-25-15-17-26(18-16-25)43-21-31(40)39-34-38-30(20-44-34)27-9-5-6-10-28(27)35/h2-20H,21H2,1H3,(H,36,42)(H,37,41)(H,38,39,40)/b29-19-. The van der Waals surface area contributed by atoms with Crippen LogP contribution in [-0.2, 0) is 9.59 Å². The first-order valence-corrected chi connectivity index (χ1v) is 15.8. The van der Waals surface area contributed by atoms with E-state index in [-0.39, 0.29) is 23.3 Å². The van der Waals surface area contributed by atoms with Crippen LogP contribution >= 0.6 is 34.7 Å². The summed E-state index contributed by atoms with van der Waals surface area (Å²) in [5.41, 5.74) is 4.47. The Labute approximate surface area is 268 Å². The van der Waals surface area contributed by atoms with Gasteiger partial charge < -0.3 is 16.0 Å². The maximum atomic E-state index is 13.3. The highest BCUT2D eigenvalue weighted by atomic mass is 35.5. The molecule has 3 amide bonds. The van der Waals surface area contributed by atoms with E-state index in [1.807, 2.05) is 73.0 Å². The number of carbonyl (C=O) groups is 3. The highest BCUT2D eigenvalue weighted by molar-refractivity contribution is 8.00. The fourth-order valence-electron chi connectivity index (χ4n) is 4.03. The number of rotatable bonds is 10. The second-order valence-corrected chi connectivity index (χ2v) is 11.9. The number of nitrogens with one attached hydrogen (secondary N) is 3. The van der Waals surface area contributed by atoms with E-state index in [0.717, 1.165) is 21.6 Å². The number of thioether (sulfide) groups is 1.